The summed E-state index contributed by atoms with van der Waals surface area (Å²) in [6.07, 6.45) is 2.21. The molecule has 17 heavy (non-hydrogen) atoms. The Labute approximate surface area is 99.8 Å². The number of benzene rings is 1. The molecule has 0 fully saturated rings. The van der Waals surface area contributed by atoms with Crippen molar-refractivity contribution < 1.29 is 19.1 Å². The monoisotopic (exact) mass is 234 g/mol. The molecule has 0 saturated heterocycles. The predicted molar refractivity (Wildman–Crippen MR) is 63.0 cm³/mol. The molecule has 0 spiro atoms. The molecular weight excluding hydrogens is 220 g/mol. The average Bonchev–Trinajstić information content (AvgIpc) is 2.21. The number of esters is 2. The first-order valence-electron chi connectivity index (χ1n) is 5.14. The van der Waals surface area contributed by atoms with Crippen molar-refractivity contribution in [2.75, 3.05) is 0 Å². The second-order valence-corrected chi connectivity index (χ2v) is 3.42. The van der Waals surface area contributed by atoms with Crippen molar-refractivity contribution in [1.29, 1.82) is 0 Å². The molecule has 0 aliphatic heterocycles. The smallest absolute Gasteiger partial charge is 0.308 e. The van der Waals surface area contributed by atoms with E-state index in [-0.39, 0.29) is 11.5 Å². The van der Waals surface area contributed by atoms with Crippen LogP contribution < -0.4 is 9.47 Å². The van der Waals surface area contributed by atoms with Gasteiger partial charge in [0.15, 0.2) is 11.5 Å². The number of carbonyl (C=O) groups excluding carboxylic acids is 2. The Balaban J connectivity index is 3.17. The highest BCUT2D eigenvalue weighted by Gasteiger charge is 2.13. The topological polar surface area (TPSA) is 52.6 Å². The van der Waals surface area contributed by atoms with Crippen molar-refractivity contribution in [3.05, 3.63) is 36.4 Å². The van der Waals surface area contributed by atoms with E-state index in [2.05, 4.69) is 6.58 Å². The lowest BCUT2D eigenvalue weighted by Gasteiger charge is -2.12. The number of rotatable bonds is 4. The van der Waals surface area contributed by atoms with Crippen LogP contribution in [0.1, 0.15) is 19.4 Å². The molecule has 4 nitrogen and oxygen atoms in total. The maximum Gasteiger partial charge on any atom is 0.308 e. The Hall–Kier alpha value is -2.10. The van der Waals surface area contributed by atoms with Crippen LogP contribution in [-0.2, 0) is 16.0 Å². The summed E-state index contributed by atoms with van der Waals surface area (Å²) in [5.41, 5.74) is 0.744. The molecule has 1 rings (SSSR count). The van der Waals surface area contributed by atoms with Crippen LogP contribution in [0, 0.1) is 0 Å². The minimum atomic E-state index is -0.464. The lowest BCUT2D eigenvalue weighted by atomic mass is 10.1. The van der Waals surface area contributed by atoms with Crippen LogP contribution in [0.25, 0.3) is 0 Å². The molecule has 1 aromatic rings. The van der Waals surface area contributed by atoms with E-state index in [0.29, 0.717) is 6.42 Å². The van der Waals surface area contributed by atoms with E-state index < -0.39 is 11.9 Å². The molecule has 0 heterocycles. The molecule has 1 aromatic carbocycles. The third-order valence-electron chi connectivity index (χ3n) is 1.92. The number of carbonyl (C=O) groups is 2. The van der Waals surface area contributed by atoms with E-state index in [9.17, 15) is 9.59 Å². The largest absolute Gasteiger partial charge is 0.423 e. The zero-order chi connectivity index (χ0) is 12.8. The summed E-state index contributed by atoms with van der Waals surface area (Å²) in [5.74, 6) is -0.411. The fourth-order valence-electron chi connectivity index (χ4n) is 1.37. The van der Waals surface area contributed by atoms with Crippen molar-refractivity contribution in [2.24, 2.45) is 0 Å². The van der Waals surface area contributed by atoms with Crippen LogP contribution >= 0.6 is 0 Å². The molecule has 0 amide bonds. The van der Waals surface area contributed by atoms with Gasteiger partial charge in [-0.15, -0.1) is 6.58 Å². The molecule has 0 aliphatic rings. The number of hydrogen-bond donors (Lipinski definition) is 0. The summed E-state index contributed by atoms with van der Waals surface area (Å²) < 4.78 is 10.0. The fraction of sp³-hybridized carbons (Fsp3) is 0.231. The van der Waals surface area contributed by atoms with Gasteiger partial charge in [0.25, 0.3) is 0 Å². The highest BCUT2D eigenvalue weighted by atomic mass is 16.6. The Morgan fingerprint density at radius 3 is 2.41 bits per heavy atom. The first kappa shape index (κ1) is 13.0. The minimum Gasteiger partial charge on any atom is -0.423 e. The Bertz CT molecular complexity index is 449. The van der Waals surface area contributed by atoms with Crippen molar-refractivity contribution >= 4 is 11.9 Å². The molecule has 0 atom stereocenters. The third-order valence-corrected chi connectivity index (χ3v) is 1.92. The maximum absolute atomic E-state index is 11.0. The van der Waals surface area contributed by atoms with Crippen LogP contribution in [-0.4, -0.2) is 11.9 Å². The Kier molecular flexibility index (Phi) is 4.46. The summed E-state index contributed by atoms with van der Waals surface area (Å²) in [7, 11) is 0. The van der Waals surface area contributed by atoms with Gasteiger partial charge >= 0.3 is 11.9 Å². The maximum atomic E-state index is 11.0. The summed E-state index contributed by atoms with van der Waals surface area (Å²) in [5, 5.41) is 0. The zero-order valence-electron chi connectivity index (χ0n) is 9.86. The second-order valence-electron chi connectivity index (χ2n) is 3.42. The van der Waals surface area contributed by atoms with E-state index in [1.165, 1.54) is 13.8 Å². The molecular formula is C13H14O4. The first-order valence-corrected chi connectivity index (χ1v) is 5.14. The molecule has 0 unspecified atom stereocenters. The lowest BCUT2D eigenvalue weighted by Crippen LogP contribution is -2.08. The summed E-state index contributed by atoms with van der Waals surface area (Å²) in [4.78, 5) is 22.0. The van der Waals surface area contributed by atoms with Crippen molar-refractivity contribution in [3.63, 3.8) is 0 Å². The summed E-state index contributed by atoms with van der Waals surface area (Å²) in [6, 6.07) is 5.09. The predicted octanol–water partition coefficient (Wildman–Crippen LogP) is 2.27. The van der Waals surface area contributed by atoms with Crippen LogP contribution in [0.5, 0.6) is 11.5 Å². The first-order chi connectivity index (χ1) is 8.04. The molecule has 0 aliphatic carbocycles. The standard InChI is InChI=1S/C13H14O4/c1-4-6-11-7-5-8-12(16-9(2)14)13(11)17-10(3)15/h4-5,7-8H,1,6H2,2-3H3. The van der Waals surface area contributed by atoms with Gasteiger partial charge in [-0.2, -0.15) is 0 Å². The number of allylic oxidation sites excluding steroid dienone is 1. The summed E-state index contributed by atoms with van der Waals surface area (Å²) in [6.45, 7) is 6.20. The summed E-state index contributed by atoms with van der Waals surface area (Å²) >= 11 is 0. The minimum absolute atomic E-state index is 0.243. The zero-order valence-corrected chi connectivity index (χ0v) is 9.86. The molecule has 0 N–H and O–H groups in total. The van der Waals surface area contributed by atoms with E-state index in [1.54, 1.807) is 24.3 Å². The molecule has 0 radical (unpaired) electrons. The normalized spacial score (nSPS) is 9.53. The molecule has 90 valence electrons. The van der Waals surface area contributed by atoms with Crippen LogP contribution in [0.15, 0.2) is 30.9 Å². The van der Waals surface area contributed by atoms with E-state index >= 15 is 0 Å². The number of ether oxygens (including phenoxy) is 2. The molecule has 0 saturated carbocycles. The van der Waals surface area contributed by atoms with Gasteiger partial charge in [-0.05, 0) is 12.5 Å². The van der Waals surface area contributed by atoms with Gasteiger partial charge in [-0.1, -0.05) is 18.2 Å². The van der Waals surface area contributed by atoms with E-state index in [4.69, 9.17) is 9.47 Å². The van der Waals surface area contributed by atoms with Gasteiger partial charge in [0.2, 0.25) is 0 Å². The SMILES string of the molecule is C=CCc1cccc(OC(C)=O)c1OC(C)=O. The van der Waals surface area contributed by atoms with Gasteiger partial charge in [0, 0.05) is 19.4 Å². The van der Waals surface area contributed by atoms with Crippen molar-refractivity contribution in [1.82, 2.24) is 0 Å². The highest BCUT2D eigenvalue weighted by molar-refractivity contribution is 5.74. The van der Waals surface area contributed by atoms with Gasteiger partial charge in [-0.25, -0.2) is 0 Å². The fourth-order valence-corrected chi connectivity index (χ4v) is 1.37. The average molecular weight is 234 g/mol. The van der Waals surface area contributed by atoms with Gasteiger partial charge in [0.1, 0.15) is 0 Å². The second kappa shape index (κ2) is 5.84. The van der Waals surface area contributed by atoms with E-state index in [0.717, 1.165) is 5.56 Å². The molecule has 0 bridgehead atoms. The quantitative estimate of drug-likeness (QED) is 0.455. The van der Waals surface area contributed by atoms with E-state index in [1.807, 2.05) is 0 Å². The van der Waals surface area contributed by atoms with Gasteiger partial charge < -0.3 is 9.47 Å². The van der Waals surface area contributed by atoms with Crippen LogP contribution in [0.4, 0.5) is 0 Å². The van der Waals surface area contributed by atoms with Crippen LogP contribution in [0.3, 0.4) is 0 Å². The Morgan fingerprint density at radius 2 is 1.88 bits per heavy atom. The molecule has 0 aromatic heterocycles. The lowest BCUT2D eigenvalue weighted by molar-refractivity contribution is -0.134. The molecule has 4 heteroatoms. The Morgan fingerprint density at radius 1 is 1.24 bits per heavy atom. The van der Waals surface area contributed by atoms with Gasteiger partial charge in [0.05, 0.1) is 0 Å². The highest BCUT2D eigenvalue weighted by Crippen LogP contribution is 2.32. The van der Waals surface area contributed by atoms with Gasteiger partial charge in [-0.3, -0.25) is 9.59 Å². The van der Waals surface area contributed by atoms with Crippen LogP contribution in [0.2, 0.25) is 0 Å². The van der Waals surface area contributed by atoms with Crippen molar-refractivity contribution in [3.8, 4) is 11.5 Å². The number of para-hydroxylation sites is 1. The third kappa shape index (κ3) is 3.75. The van der Waals surface area contributed by atoms with Crippen molar-refractivity contribution in [2.45, 2.75) is 20.3 Å². The number of hydrogen-bond acceptors (Lipinski definition) is 4.